The van der Waals surface area contributed by atoms with Crippen LogP contribution in [0.1, 0.15) is 10.4 Å². The normalized spacial score (nSPS) is 13.9. The Hall–Kier alpha value is -4.50. The molecule has 1 aliphatic heterocycles. The molecule has 9 heteroatoms. The smallest absolute Gasteiger partial charge is 0.335 e. The molecule has 0 aliphatic carbocycles. The molecule has 0 amide bonds. The van der Waals surface area contributed by atoms with Gasteiger partial charge in [-0.15, -0.1) is 15.3 Å². The van der Waals surface area contributed by atoms with Crippen LogP contribution in [0.5, 0.6) is 0 Å². The average molecular weight is 467 g/mol. The fourth-order valence-electron chi connectivity index (χ4n) is 4.33. The topological polar surface area (TPSA) is 105 Å². The highest BCUT2D eigenvalue weighted by Gasteiger charge is 2.16. The number of benzene rings is 3. The first-order valence-electron chi connectivity index (χ1n) is 11.3. The van der Waals surface area contributed by atoms with Crippen LogP contribution < -0.4 is 10.2 Å². The largest absolute Gasteiger partial charge is 0.478 e. The van der Waals surface area contributed by atoms with Crippen LogP contribution in [-0.2, 0) is 4.74 Å². The van der Waals surface area contributed by atoms with Gasteiger partial charge in [-0.3, -0.25) is 0 Å². The monoisotopic (exact) mass is 466 g/mol. The van der Waals surface area contributed by atoms with Gasteiger partial charge in [0.2, 0.25) is 0 Å². The molecule has 35 heavy (non-hydrogen) atoms. The molecule has 0 unspecified atom stereocenters. The molecule has 1 fully saturated rings. The van der Waals surface area contributed by atoms with E-state index in [0.29, 0.717) is 17.3 Å². The zero-order chi connectivity index (χ0) is 23.8. The van der Waals surface area contributed by atoms with Crippen LogP contribution in [0.2, 0.25) is 0 Å². The standard InChI is InChI=1S/C26H22N6O3/c33-26(34)18-7-5-17(6-8-18)24-28-29-25-22-4-2-1-3-21(22)23(30-32(24)25)27-19-9-11-20(12-10-19)31-13-15-35-16-14-31/h1-12H,13-16H2,(H,27,30)(H,33,34). The van der Waals surface area contributed by atoms with E-state index in [0.717, 1.165) is 54.0 Å². The van der Waals surface area contributed by atoms with Crippen LogP contribution in [0.25, 0.3) is 27.8 Å². The Labute approximate surface area is 200 Å². The third kappa shape index (κ3) is 3.91. The summed E-state index contributed by atoms with van der Waals surface area (Å²) in [6, 6.07) is 22.7. The third-order valence-corrected chi connectivity index (χ3v) is 6.16. The maximum absolute atomic E-state index is 11.2. The van der Waals surface area contributed by atoms with Crippen LogP contribution in [-0.4, -0.2) is 57.2 Å². The minimum atomic E-state index is -0.974. The highest BCUT2D eigenvalue weighted by molar-refractivity contribution is 6.01. The van der Waals surface area contributed by atoms with E-state index in [4.69, 9.17) is 9.84 Å². The van der Waals surface area contributed by atoms with Crippen molar-refractivity contribution in [2.24, 2.45) is 0 Å². The molecule has 3 aromatic carbocycles. The predicted molar refractivity (Wildman–Crippen MR) is 133 cm³/mol. The summed E-state index contributed by atoms with van der Waals surface area (Å²) in [7, 11) is 0. The molecule has 0 atom stereocenters. The molecule has 1 saturated heterocycles. The van der Waals surface area contributed by atoms with E-state index in [1.54, 1.807) is 28.8 Å². The number of hydrogen-bond acceptors (Lipinski definition) is 7. The minimum absolute atomic E-state index is 0.212. The first-order chi connectivity index (χ1) is 17.2. The van der Waals surface area contributed by atoms with E-state index < -0.39 is 5.97 Å². The Balaban J connectivity index is 1.39. The number of carbonyl (C=O) groups is 1. The molecule has 6 rings (SSSR count). The second-order valence-corrected chi connectivity index (χ2v) is 8.31. The second-order valence-electron chi connectivity index (χ2n) is 8.31. The lowest BCUT2D eigenvalue weighted by Crippen LogP contribution is -2.36. The molecule has 5 aromatic rings. The summed E-state index contributed by atoms with van der Waals surface area (Å²) >= 11 is 0. The van der Waals surface area contributed by atoms with E-state index in [1.807, 2.05) is 36.4 Å². The number of aromatic nitrogens is 4. The number of nitrogens with one attached hydrogen (secondary N) is 1. The van der Waals surface area contributed by atoms with Crippen molar-refractivity contribution < 1.29 is 14.6 Å². The van der Waals surface area contributed by atoms with Crippen molar-refractivity contribution in [3.8, 4) is 11.4 Å². The molecule has 0 saturated carbocycles. The van der Waals surface area contributed by atoms with Crippen molar-refractivity contribution in [2.75, 3.05) is 36.5 Å². The van der Waals surface area contributed by atoms with Gasteiger partial charge in [-0.25, -0.2) is 4.79 Å². The van der Waals surface area contributed by atoms with Crippen LogP contribution in [0.4, 0.5) is 17.2 Å². The van der Waals surface area contributed by atoms with Gasteiger partial charge in [-0.2, -0.15) is 4.52 Å². The maximum atomic E-state index is 11.2. The summed E-state index contributed by atoms with van der Waals surface area (Å²) in [6.07, 6.45) is 0. The van der Waals surface area contributed by atoms with Crippen molar-refractivity contribution in [1.29, 1.82) is 0 Å². The highest BCUT2D eigenvalue weighted by atomic mass is 16.5. The molecule has 174 valence electrons. The van der Waals surface area contributed by atoms with Gasteiger partial charge < -0.3 is 20.1 Å². The number of morpholine rings is 1. The number of carboxylic acid groups (broad SMARTS) is 1. The molecule has 2 aromatic heterocycles. The van der Waals surface area contributed by atoms with E-state index in [1.165, 1.54) is 0 Å². The van der Waals surface area contributed by atoms with Crippen LogP contribution in [0.3, 0.4) is 0 Å². The molecule has 2 N–H and O–H groups in total. The Morgan fingerprint density at radius 2 is 1.60 bits per heavy atom. The third-order valence-electron chi connectivity index (χ3n) is 6.16. The van der Waals surface area contributed by atoms with Crippen molar-refractivity contribution >= 4 is 39.6 Å². The van der Waals surface area contributed by atoms with Gasteiger partial charge in [0.05, 0.1) is 18.8 Å². The number of ether oxygens (including phenoxy) is 1. The first-order valence-corrected chi connectivity index (χ1v) is 11.3. The lowest BCUT2D eigenvalue weighted by Gasteiger charge is -2.28. The average Bonchev–Trinajstić information content (AvgIpc) is 3.34. The Bertz CT molecular complexity index is 1520. The van der Waals surface area contributed by atoms with Crippen LogP contribution >= 0.6 is 0 Å². The Morgan fingerprint density at radius 1 is 0.886 bits per heavy atom. The molecule has 0 bridgehead atoms. The lowest BCUT2D eigenvalue weighted by atomic mass is 10.1. The van der Waals surface area contributed by atoms with E-state index in [2.05, 4.69) is 32.5 Å². The summed E-state index contributed by atoms with van der Waals surface area (Å²) in [5, 5.41) is 28.1. The number of anilines is 3. The predicted octanol–water partition coefficient (Wildman–Crippen LogP) is 4.22. The van der Waals surface area contributed by atoms with E-state index in [9.17, 15) is 9.90 Å². The molecule has 1 aliphatic rings. The Morgan fingerprint density at radius 3 is 2.31 bits per heavy atom. The Kier molecular flexibility index (Phi) is 5.23. The van der Waals surface area contributed by atoms with E-state index in [-0.39, 0.29) is 5.56 Å². The maximum Gasteiger partial charge on any atom is 0.335 e. The SMILES string of the molecule is O=C(O)c1ccc(-c2nnc3c4ccccc4c(Nc4ccc(N5CCOCC5)cc4)nn23)cc1. The van der Waals surface area contributed by atoms with Crippen LogP contribution in [0.15, 0.2) is 72.8 Å². The fraction of sp³-hybridized carbons (Fsp3) is 0.154. The molecular formula is C26H22N6O3. The van der Waals surface area contributed by atoms with E-state index >= 15 is 0 Å². The fourth-order valence-corrected chi connectivity index (χ4v) is 4.33. The quantitative estimate of drug-likeness (QED) is 0.397. The molecule has 9 nitrogen and oxygen atoms in total. The summed E-state index contributed by atoms with van der Waals surface area (Å²) in [6.45, 7) is 3.27. The van der Waals surface area contributed by atoms with Gasteiger partial charge in [-0.05, 0) is 36.4 Å². The van der Waals surface area contributed by atoms with Gasteiger partial charge in [-0.1, -0.05) is 36.4 Å². The number of aromatic carboxylic acids is 1. The van der Waals surface area contributed by atoms with Gasteiger partial charge >= 0.3 is 5.97 Å². The van der Waals surface area contributed by atoms with Crippen LogP contribution in [0, 0.1) is 0 Å². The number of nitrogens with zero attached hydrogens (tertiary/aromatic N) is 5. The molecule has 0 radical (unpaired) electrons. The van der Waals surface area contributed by atoms with Gasteiger partial charge in [0.1, 0.15) is 0 Å². The molecule has 0 spiro atoms. The molecule has 3 heterocycles. The number of carboxylic acids is 1. The minimum Gasteiger partial charge on any atom is -0.478 e. The summed E-state index contributed by atoms with van der Waals surface area (Å²) in [4.78, 5) is 13.5. The number of fused-ring (bicyclic) bond motifs is 3. The molecular weight excluding hydrogens is 444 g/mol. The van der Waals surface area contributed by atoms with Crippen molar-refractivity contribution in [3.05, 3.63) is 78.4 Å². The lowest BCUT2D eigenvalue weighted by molar-refractivity contribution is 0.0697. The van der Waals surface area contributed by atoms with Crippen molar-refractivity contribution in [1.82, 2.24) is 19.8 Å². The first kappa shape index (κ1) is 21.1. The zero-order valence-corrected chi connectivity index (χ0v) is 18.8. The van der Waals surface area contributed by atoms with Gasteiger partial charge in [0.25, 0.3) is 0 Å². The second kappa shape index (κ2) is 8.69. The summed E-state index contributed by atoms with van der Waals surface area (Å²) in [5.41, 5.74) is 3.65. The zero-order valence-electron chi connectivity index (χ0n) is 18.8. The number of hydrogen-bond donors (Lipinski definition) is 2. The van der Waals surface area contributed by atoms with Crippen molar-refractivity contribution in [3.63, 3.8) is 0 Å². The number of rotatable bonds is 5. The summed E-state index contributed by atoms with van der Waals surface area (Å²) in [5.74, 6) is 0.238. The van der Waals surface area contributed by atoms with Gasteiger partial charge in [0.15, 0.2) is 17.3 Å². The van der Waals surface area contributed by atoms with Crippen molar-refractivity contribution in [2.45, 2.75) is 0 Å². The summed E-state index contributed by atoms with van der Waals surface area (Å²) < 4.78 is 7.15. The van der Waals surface area contributed by atoms with Gasteiger partial charge in [0, 0.05) is 40.8 Å². The highest BCUT2D eigenvalue weighted by Crippen LogP contribution is 2.30.